The van der Waals surface area contributed by atoms with Crippen LogP contribution < -0.4 is 0 Å². The van der Waals surface area contributed by atoms with E-state index in [9.17, 15) is 0 Å². The zero-order valence-corrected chi connectivity index (χ0v) is 6.66. The van der Waals surface area contributed by atoms with E-state index < -0.39 is 0 Å². The van der Waals surface area contributed by atoms with Crippen molar-refractivity contribution in [3.63, 3.8) is 0 Å². The smallest absolute Gasteiger partial charge is 0.0273 e. The summed E-state index contributed by atoms with van der Waals surface area (Å²) in [4.78, 5) is 0. The number of hydrogen-bond donors (Lipinski definition) is 0. The van der Waals surface area contributed by atoms with Crippen LogP contribution in [-0.2, 0) is 0 Å². The summed E-state index contributed by atoms with van der Waals surface area (Å²) in [7, 11) is 0. The Kier molecular flexibility index (Phi) is 1.63. The van der Waals surface area contributed by atoms with E-state index in [4.69, 9.17) is 1.37 Å². The molecule has 1 saturated carbocycles. The van der Waals surface area contributed by atoms with E-state index in [-0.39, 0.29) is 6.40 Å². The lowest BCUT2D eigenvalue weighted by Gasteiger charge is -2.07. The third-order valence-electron chi connectivity index (χ3n) is 2.40. The molecule has 11 heavy (non-hydrogen) atoms. The summed E-state index contributed by atoms with van der Waals surface area (Å²) in [5, 5.41) is 0. The highest BCUT2D eigenvalue weighted by molar-refractivity contribution is 5.19. The maximum atomic E-state index is 7.83. The topological polar surface area (TPSA) is 0 Å². The Morgan fingerprint density at radius 3 is 2.64 bits per heavy atom. The van der Waals surface area contributed by atoms with Gasteiger partial charge in [-0.3, -0.25) is 0 Å². The van der Waals surface area contributed by atoms with Crippen molar-refractivity contribution in [2.24, 2.45) is 0 Å². The minimum Gasteiger partial charge on any atom is -0.0622 e. The molecule has 2 rings (SSSR count). The van der Waals surface area contributed by atoms with Gasteiger partial charge in [0, 0.05) is 1.37 Å². The largest absolute Gasteiger partial charge is 0.0622 e. The van der Waals surface area contributed by atoms with Crippen LogP contribution in [0.2, 0.25) is 0 Å². The van der Waals surface area contributed by atoms with Crippen molar-refractivity contribution in [3.05, 3.63) is 35.9 Å². The molecule has 0 nitrogen and oxygen atoms in total. The summed E-state index contributed by atoms with van der Waals surface area (Å²) in [6.07, 6.45) is 3.67. The minimum absolute atomic E-state index is 0.146. The molecule has 0 unspecified atom stereocenters. The summed E-state index contributed by atoms with van der Waals surface area (Å²) in [6, 6.07) is 10.5. The highest BCUT2D eigenvalue weighted by Gasteiger charge is 2.15. The van der Waals surface area contributed by atoms with Crippen molar-refractivity contribution >= 4 is 0 Å². The van der Waals surface area contributed by atoms with Gasteiger partial charge in [-0.25, -0.2) is 0 Å². The number of hydrogen-bond acceptors (Lipinski definition) is 0. The Labute approximate surface area is 69.7 Å². The normalized spacial score (nSPS) is 31.8. The molecule has 0 aromatic heterocycles. The lowest BCUT2D eigenvalue weighted by molar-refractivity contribution is 0.723. The van der Waals surface area contributed by atoms with Crippen LogP contribution >= 0.6 is 0 Å². The van der Waals surface area contributed by atoms with Gasteiger partial charge in [0.2, 0.25) is 0 Å². The fourth-order valence-electron chi connectivity index (χ4n) is 1.78. The molecule has 0 heterocycles. The van der Waals surface area contributed by atoms with Crippen molar-refractivity contribution in [1.29, 1.82) is 0 Å². The van der Waals surface area contributed by atoms with Gasteiger partial charge in [0.25, 0.3) is 0 Å². The van der Waals surface area contributed by atoms with E-state index in [1.807, 2.05) is 6.07 Å². The second-order valence-corrected chi connectivity index (χ2v) is 3.18. The second kappa shape index (κ2) is 3.08. The van der Waals surface area contributed by atoms with E-state index in [1.54, 1.807) is 0 Å². The summed E-state index contributed by atoms with van der Waals surface area (Å²) in [6.45, 7) is 0. The van der Waals surface area contributed by atoms with Crippen molar-refractivity contribution < 1.29 is 1.37 Å². The Balaban J connectivity index is 2.19. The van der Waals surface area contributed by atoms with Gasteiger partial charge < -0.3 is 0 Å². The first-order valence-corrected chi connectivity index (χ1v) is 4.35. The zero-order valence-electron chi connectivity index (χ0n) is 7.66. The minimum atomic E-state index is 0.146. The van der Waals surface area contributed by atoms with Gasteiger partial charge in [-0.15, -0.1) is 0 Å². The lowest BCUT2D eigenvalue weighted by Crippen LogP contribution is -1.89. The van der Waals surface area contributed by atoms with Gasteiger partial charge in [0.1, 0.15) is 0 Å². The zero-order chi connectivity index (χ0) is 8.39. The van der Waals surface area contributed by atoms with Crippen LogP contribution in [-0.4, -0.2) is 0 Å². The summed E-state index contributed by atoms with van der Waals surface area (Å²) in [5.41, 5.74) is 1.36. The molecule has 1 aliphatic rings. The van der Waals surface area contributed by atoms with Crippen molar-refractivity contribution in [3.8, 4) is 0 Å². The Hall–Kier alpha value is -0.780. The monoisotopic (exact) mass is 147 g/mol. The molecule has 1 aliphatic carbocycles. The van der Waals surface area contributed by atoms with E-state index >= 15 is 0 Å². The van der Waals surface area contributed by atoms with E-state index in [1.165, 1.54) is 18.4 Å². The molecular formula is C11H14. The van der Waals surface area contributed by atoms with Crippen LogP contribution in [0.5, 0.6) is 0 Å². The standard InChI is InChI=1S/C11H14/c1-2-6-10(7-3-1)11-8-4-5-9-11/h1-3,6-7,11H,4-5,8-9H2/i8D/t8-,11+/m1/s1. The van der Waals surface area contributed by atoms with Gasteiger partial charge in [-0.2, -0.15) is 0 Å². The van der Waals surface area contributed by atoms with Crippen LogP contribution in [0, 0.1) is 0 Å². The molecule has 0 spiro atoms. The van der Waals surface area contributed by atoms with Crippen molar-refractivity contribution in [1.82, 2.24) is 0 Å². The van der Waals surface area contributed by atoms with Crippen LogP contribution in [0.4, 0.5) is 0 Å². The van der Waals surface area contributed by atoms with Crippen LogP contribution in [0.3, 0.4) is 0 Å². The summed E-state index contributed by atoms with van der Waals surface area (Å²) < 4.78 is 7.83. The van der Waals surface area contributed by atoms with Gasteiger partial charge in [0.15, 0.2) is 0 Å². The SMILES string of the molecule is [2H][C@@H]1CCC[C@H]1c1ccccc1. The molecule has 0 radical (unpaired) electrons. The molecule has 1 aromatic rings. The Morgan fingerprint density at radius 2 is 2.00 bits per heavy atom. The van der Waals surface area contributed by atoms with E-state index in [2.05, 4.69) is 24.3 Å². The molecular weight excluding hydrogens is 132 g/mol. The molecule has 1 fully saturated rings. The predicted octanol–water partition coefficient (Wildman–Crippen LogP) is 3.34. The highest BCUT2D eigenvalue weighted by atomic mass is 14.2. The Morgan fingerprint density at radius 1 is 1.18 bits per heavy atom. The highest BCUT2D eigenvalue weighted by Crippen LogP contribution is 2.33. The first-order chi connectivity index (χ1) is 5.88. The number of benzene rings is 1. The van der Waals surface area contributed by atoms with Gasteiger partial charge in [0.05, 0.1) is 0 Å². The average molecular weight is 147 g/mol. The third kappa shape index (κ3) is 1.45. The summed E-state index contributed by atoms with van der Waals surface area (Å²) >= 11 is 0. The van der Waals surface area contributed by atoms with Gasteiger partial charge in [-0.1, -0.05) is 43.2 Å². The fraction of sp³-hybridized carbons (Fsp3) is 0.455. The second-order valence-electron chi connectivity index (χ2n) is 3.18. The average Bonchev–Trinajstić information content (AvgIpc) is 2.53. The Bertz CT molecular complexity index is 242. The first-order valence-electron chi connectivity index (χ1n) is 4.93. The summed E-state index contributed by atoms with van der Waals surface area (Å²) in [5.74, 6) is 0.506. The van der Waals surface area contributed by atoms with Crippen LogP contribution in [0.15, 0.2) is 30.3 Å². The molecule has 58 valence electrons. The maximum Gasteiger partial charge on any atom is 0.0273 e. The van der Waals surface area contributed by atoms with Crippen molar-refractivity contribution in [2.75, 3.05) is 0 Å². The maximum absolute atomic E-state index is 7.83. The molecule has 1 aromatic carbocycles. The lowest BCUT2D eigenvalue weighted by atomic mass is 9.98. The molecule has 0 N–H and O–H groups in total. The predicted molar refractivity (Wildman–Crippen MR) is 47.7 cm³/mol. The quantitative estimate of drug-likeness (QED) is 0.571. The van der Waals surface area contributed by atoms with E-state index in [0.29, 0.717) is 5.92 Å². The van der Waals surface area contributed by atoms with Gasteiger partial charge >= 0.3 is 0 Å². The fourth-order valence-corrected chi connectivity index (χ4v) is 1.78. The molecule has 0 aliphatic heterocycles. The molecule has 2 atom stereocenters. The van der Waals surface area contributed by atoms with Crippen LogP contribution in [0.1, 0.15) is 38.5 Å². The van der Waals surface area contributed by atoms with E-state index in [0.717, 1.165) is 6.42 Å². The van der Waals surface area contributed by atoms with Crippen molar-refractivity contribution in [2.45, 2.75) is 31.6 Å². The molecule has 0 amide bonds. The molecule has 0 saturated heterocycles. The van der Waals surface area contributed by atoms with Crippen LogP contribution in [0.25, 0.3) is 0 Å². The molecule has 0 bridgehead atoms. The number of rotatable bonds is 1. The van der Waals surface area contributed by atoms with Gasteiger partial charge in [-0.05, 0) is 24.3 Å². The first kappa shape index (κ1) is 5.82. The molecule has 0 heteroatoms. The third-order valence-corrected chi connectivity index (χ3v) is 2.40.